The Morgan fingerprint density at radius 2 is 2.05 bits per heavy atom. The Morgan fingerprint density at radius 1 is 1.35 bits per heavy atom. The predicted octanol–water partition coefficient (Wildman–Crippen LogP) is 2.55. The van der Waals surface area contributed by atoms with E-state index in [1.165, 1.54) is 6.42 Å². The summed E-state index contributed by atoms with van der Waals surface area (Å²) in [7, 11) is 0. The van der Waals surface area contributed by atoms with Crippen molar-refractivity contribution in [3.05, 3.63) is 11.8 Å². The van der Waals surface area contributed by atoms with Crippen LogP contribution in [0.3, 0.4) is 0 Å². The van der Waals surface area contributed by atoms with Crippen LogP contribution < -0.4 is 11.1 Å². The maximum absolute atomic E-state index is 12.3. The number of nitrogens with zero attached hydrogens (tertiary/aromatic N) is 1. The van der Waals surface area contributed by atoms with E-state index < -0.39 is 0 Å². The molecule has 2 rings (SSSR count). The highest BCUT2D eigenvalue weighted by Gasteiger charge is 2.27. The normalized spacial score (nSPS) is 24.2. The van der Waals surface area contributed by atoms with Gasteiger partial charge < -0.3 is 11.1 Å². The predicted molar refractivity (Wildman–Crippen MR) is 80.5 cm³/mol. The highest BCUT2D eigenvalue weighted by Crippen LogP contribution is 2.25. The van der Waals surface area contributed by atoms with Crippen LogP contribution >= 0.6 is 0 Å². The van der Waals surface area contributed by atoms with Crippen LogP contribution in [0.15, 0.2) is 6.07 Å². The molecule has 20 heavy (non-hydrogen) atoms. The molecule has 1 aliphatic carbocycles. The Morgan fingerprint density at radius 3 is 2.70 bits per heavy atom. The first-order valence-corrected chi connectivity index (χ1v) is 7.50. The smallest absolute Gasteiger partial charge is 0.230 e. The van der Waals surface area contributed by atoms with E-state index >= 15 is 0 Å². The Bertz CT molecular complexity index is 461. The van der Waals surface area contributed by atoms with Gasteiger partial charge in [0.2, 0.25) is 5.91 Å². The molecule has 1 amide bonds. The van der Waals surface area contributed by atoms with Gasteiger partial charge in [0, 0.05) is 23.2 Å². The Hall–Kier alpha value is -1.36. The van der Waals surface area contributed by atoms with Gasteiger partial charge in [0.05, 0.1) is 5.92 Å². The van der Waals surface area contributed by atoms with Crippen molar-refractivity contribution >= 4 is 11.7 Å². The molecule has 1 saturated carbocycles. The summed E-state index contributed by atoms with van der Waals surface area (Å²) >= 11 is 0. The maximum atomic E-state index is 12.3. The van der Waals surface area contributed by atoms with Gasteiger partial charge in [0.1, 0.15) is 0 Å². The number of aromatic nitrogens is 2. The van der Waals surface area contributed by atoms with Crippen LogP contribution in [0.25, 0.3) is 0 Å². The average Bonchev–Trinajstić information content (AvgIpc) is 2.71. The third-order valence-corrected chi connectivity index (χ3v) is 4.04. The SMILES string of the molecule is CC(C)(C)c1cc(NC(=O)C2CCCCCC2N)n[nH]1. The van der Waals surface area contributed by atoms with Gasteiger partial charge in [-0.3, -0.25) is 9.89 Å². The molecule has 112 valence electrons. The van der Waals surface area contributed by atoms with Gasteiger partial charge >= 0.3 is 0 Å². The molecule has 1 aromatic rings. The summed E-state index contributed by atoms with van der Waals surface area (Å²) < 4.78 is 0. The molecule has 0 bridgehead atoms. The van der Waals surface area contributed by atoms with Gasteiger partial charge in [-0.2, -0.15) is 5.10 Å². The first-order valence-electron chi connectivity index (χ1n) is 7.50. The van der Waals surface area contributed by atoms with Crippen LogP contribution in [-0.2, 0) is 10.2 Å². The Kier molecular flexibility index (Phi) is 4.48. The lowest BCUT2D eigenvalue weighted by molar-refractivity contribution is -0.120. The number of aromatic amines is 1. The molecule has 0 saturated heterocycles. The summed E-state index contributed by atoms with van der Waals surface area (Å²) in [5.41, 5.74) is 7.13. The summed E-state index contributed by atoms with van der Waals surface area (Å²) in [5, 5.41) is 10.1. The van der Waals surface area contributed by atoms with Crippen molar-refractivity contribution in [3.63, 3.8) is 0 Å². The maximum Gasteiger partial charge on any atom is 0.230 e. The van der Waals surface area contributed by atoms with E-state index in [4.69, 9.17) is 5.73 Å². The quantitative estimate of drug-likeness (QED) is 0.727. The number of hydrogen-bond donors (Lipinski definition) is 3. The molecule has 0 spiro atoms. The summed E-state index contributed by atoms with van der Waals surface area (Å²) in [6, 6.07) is 1.87. The van der Waals surface area contributed by atoms with Crippen LogP contribution in [0.5, 0.6) is 0 Å². The van der Waals surface area contributed by atoms with Crippen molar-refractivity contribution < 1.29 is 4.79 Å². The molecule has 4 N–H and O–H groups in total. The van der Waals surface area contributed by atoms with Crippen molar-refractivity contribution in [2.24, 2.45) is 11.7 Å². The molecule has 2 unspecified atom stereocenters. The minimum atomic E-state index is -0.0905. The van der Waals surface area contributed by atoms with Gasteiger partial charge in [0.15, 0.2) is 5.82 Å². The van der Waals surface area contributed by atoms with Crippen molar-refractivity contribution in [2.45, 2.75) is 64.3 Å². The molecule has 2 atom stereocenters. The molecule has 5 nitrogen and oxygen atoms in total. The number of amides is 1. The van der Waals surface area contributed by atoms with Gasteiger partial charge in [-0.15, -0.1) is 0 Å². The number of rotatable bonds is 2. The fraction of sp³-hybridized carbons (Fsp3) is 0.733. The highest BCUT2D eigenvalue weighted by molar-refractivity contribution is 5.92. The molecule has 1 aromatic heterocycles. The lowest BCUT2D eigenvalue weighted by Gasteiger charge is -2.19. The van der Waals surface area contributed by atoms with E-state index in [9.17, 15) is 4.79 Å². The van der Waals surface area contributed by atoms with E-state index in [2.05, 4.69) is 36.3 Å². The van der Waals surface area contributed by atoms with Crippen molar-refractivity contribution in [3.8, 4) is 0 Å². The monoisotopic (exact) mass is 278 g/mol. The molecule has 5 heteroatoms. The standard InChI is InChI=1S/C15H26N4O/c1-15(2,3)12-9-13(19-18-12)17-14(20)10-7-5-4-6-8-11(10)16/h9-11H,4-8,16H2,1-3H3,(H2,17,18,19,20). The van der Waals surface area contributed by atoms with Crippen LogP contribution in [0.4, 0.5) is 5.82 Å². The van der Waals surface area contributed by atoms with Crippen LogP contribution in [-0.4, -0.2) is 22.1 Å². The minimum Gasteiger partial charge on any atom is -0.327 e. The average molecular weight is 278 g/mol. The van der Waals surface area contributed by atoms with E-state index in [1.807, 2.05) is 6.07 Å². The fourth-order valence-electron chi connectivity index (χ4n) is 2.65. The molecular weight excluding hydrogens is 252 g/mol. The molecular formula is C15H26N4O. The molecule has 0 aliphatic heterocycles. The highest BCUT2D eigenvalue weighted by atomic mass is 16.2. The number of H-pyrrole nitrogens is 1. The number of hydrogen-bond acceptors (Lipinski definition) is 3. The third kappa shape index (κ3) is 3.60. The van der Waals surface area contributed by atoms with E-state index in [1.54, 1.807) is 0 Å². The van der Waals surface area contributed by atoms with Gasteiger partial charge in [0.25, 0.3) is 0 Å². The first kappa shape index (κ1) is 15.0. The van der Waals surface area contributed by atoms with Crippen molar-refractivity contribution in [1.29, 1.82) is 0 Å². The second kappa shape index (κ2) is 5.95. The Balaban J connectivity index is 2.01. The van der Waals surface area contributed by atoms with Gasteiger partial charge in [-0.1, -0.05) is 40.0 Å². The zero-order valence-electron chi connectivity index (χ0n) is 12.7. The summed E-state index contributed by atoms with van der Waals surface area (Å²) in [4.78, 5) is 12.3. The van der Waals surface area contributed by atoms with Crippen LogP contribution in [0.2, 0.25) is 0 Å². The summed E-state index contributed by atoms with van der Waals surface area (Å²) in [6.45, 7) is 6.31. The fourth-order valence-corrected chi connectivity index (χ4v) is 2.65. The largest absolute Gasteiger partial charge is 0.327 e. The second-order valence-corrected chi connectivity index (χ2v) is 6.81. The van der Waals surface area contributed by atoms with E-state index in [0.29, 0.717) is 5.82 Å². The lowest BCUT2D eigenvalue weighted by atomic mass is 9.92. The zero-order chi connectivity index (χ0) is 14.8. The molecule has 1 aliphatic rings. The molecule has 1 fully saturated rings. The number of nitrogens with two attached hydrogens (primary N) is 1. The van der Waals surface area contributed by atoms with E-state index in [-0.39, 0.29) is 23.3 Å². The first-order chi connectivity index (χ1) is 9.38. The van der Waals surface area contributed by atoms with Gasteiger partial charge in [-0.25, -0.2) is 0 Å². The van der Waals surface area contributed by atoms with E-state index in [0.717, 1.165) is 31.4 Å². The zero-order valence-corrected chi connectivity index (χ0v) is 12.7. The number of nitrogens with one attached hydrogen (secondary N) is 2. The summed E-state index contributed by atoms with van der Waals surface area (Å²) in [6.07, 6.45) is 5.20. The van der Waals surface area contributed by atoms with Gasteiger partial charge in [-0.05, 0) is 12.8 Å². The molecule has 1 heterocycles. The minimum absolute atomic E-state index is 0.00526. The molecule has 0 radical (unpaired) electrons. The molecule has 0 aromatic carbocycles. The third-order valence-electron chi connectivity index (χ3n) is 4.04. The number of anilines is 1. The van der Waals surface area contributed by atoms with Crippen molar-refractivity contribution in [2.75, 3.05) is 5.32 Å². The van der Waals surface area contributed by atoms with Crippen LogP contribution in [0, 0.1) is 5.92 Å². The Labute approximate surface area is 120 Å². The lowest BCUT2D eigenvalue weighted by Crippen LogP contribution is -2.37. The number of carbonyl (C=O) groups is 1. The number of carbonyl (C=O) groups excluding carboxylic acids is 1. The second-order valence-electron chi connectivity index (χ2n) is 6.81. The topological polar surface area (TPSA) is 83.8 Å². The van der Waals surface area contributed by atoms with Crippen LogP contribution in [0.1, 0.15) is 58.6 Å². The van der Waals surface area contributed by atoms with Crippen molar-refractivity contribution in [1.82, 2.24) is 10.2 Å². The summed E-state index contributed by atoms with van der Waals surface area (Å²) in [5.74, 6) is 0.509.